The summed E-state index contributed by atoms with van der Waals surface area (Å²) in [5.74, 6) is 1.58. The van der Waals surface area contributed by atoms with Crippen LogP contribution in [-0.2, 0) is 0 Å². The van der Waals surface area contributed by atoms with Gasteiger partial charge in [0, 0.05) is 16.1 Å². The van der Waals surface area contributed by atoms with Crippen molar-refractivity contribution in [1.82, 2.24) is 5.43 Å². The summed E-state index contributed by atoms with van der Waals surface area (Å²) in [6.45, 7) is 1.98. The number of nitrogens with zero attached hydrogens (tertiary/aromatic N) is 1. The molecule has 132 valence electrons. The van der Waals surface area contributed by atoms with Crippen LogP contribution in [-0.4, -0.2) is 19.2 Å². The zero-order chi connectivity index (χ0) is 18.5. The normalized spacial score (nSPS) is 10.9. The Morgan fingerprint density at radius 3 is 2.65 bits per heavy atom. The van der Waals surface area contributed by atoms with Gasteiger partial charge in [0.1, 0.15) is 17.3 Å². The highest BCUT2D eigenvalue weighted by Crippen LogP contribution is 2.27. The molecule has 0 atom stereocenters. The van der Waals surface area contributed by atoms with Gasteiger partial charge in [0.25, 0.3) is 5.91 Å². The Kier molecular flexibility index (Phi) is 5.39. The molecule has 1 aromatic heterocycles. The summed E-state index contributed by atoms with van der Waals surface area (Å²) in [5, 5.41) is 4.57. The van der Waals surface area contributed by atoms with Crippen LogP contribution in [0.5, 0.6) is 5.75 Å². The SMILES string of the molecule is COc1ccc(C(=O)N/N=C\c2ccc(-c3cc(Cl)ccc3C)o2)cc1. The van der Waals surface area contributed by atoms with Gasteiger partial charge in [-0.15, -0.1) is 0 Å². The van der Waals surface area contributed by atoms with E-state index in [0.29, 0.717) is 27.9 Å². The van der Waals surface area contributed by atoms with Crippen LogP contribution in [0.15, 0.2) is 64.1 Å². The molecule has 2 aromatic carbocycles. The van der Waals surface area contributed by atoms with E-state index >= 15 is 0 Å². The monoisotopic (exact) mass is 368 g/mol. The third-order valence-corrected chi connectivity index (χ3v) is 4.04. The fourth-order valence-electron chi connectivity index (χ4n) is 2.39. The largest absolute Gasteiger partial charge is 0.497 e. The molecule has 0 bridgehead atoms. The Hall–Kier alpha value is -3.05. The number of aryl methyl sites for hydroxylation is 1. The van der Waals surface area contributed by atoms with Gasteiger partial charge in [-0.2, -0.15) is 5.10 Å². The van der Waals surface area contributed by atoms with Crippen molar-refractivity contribution in [2.75, 3.05) is 7.11 Å². The lowest BCUT2D eigenvalue weighted by molar-refractivity contribution is 0.0955. The molecule has 0 aliphatic heterocycles. The first kappa shape index (κ1) is 17.8. The summed E-state index contributed by atoms with van der Waals surface area (Å²) in [7, 11) is 1.57. The second-order valence-corrected chi connectivity index (χ2v) is 6.03. The highest BCUT2D eigenvalue weighted by Gasteiger charge is 2.08. The third kappa shape index (κ3) is 4.13. The van der Waals surface area contributed by atoms with Gasteiger partial charge in [0.2, 0.25) is 0 Å². The number of hydrogen-bond donors (Lipinski definition) is 1. The highest BCUT2D eigenvalue weighted by molar-refractivity contribution is 6.30. The number of rotatable bonds is 5. The second-order valence-electron chi connectivity index (χ2n) is 5.59. The molecule has 6 heteroatoms. The molecule has 3 rings (SSSR count). The van der Waals surface area contributed by atoms with Crippen molar-refractivity contribution in [3.05, 3.63) is 76.5 Å². The molecular weight excluding hydrogens is 352 g/mol. The summed E-state index contributed by atoms with van der Waals surface area (Å²) in [5.41, 5.74) is 4.92. The number of carbonyl (C=O) groups is 1. The Balaban J connectivity index is 1.66. The van der Waals surface area contributed by atoms with Gasteiger partial charge in [-0.05, 0) is 61.0 Å². The van der Waals surface area contributed by atoms with Crippen LogP contribution in [0.2, 0.25) is 5.02 Å². The average molecular weight is 369 g/mol. The van der Waals surface area contributed by atoms with Crippen LogP contribution < -0.4 is 10.2 Å². The van der Waals surface area contributed by atoms with Crippen LogP contribution in [0, 0.1) is 6.92 Å². The maximum Gasteiger partial charge on any atom is 0.271 e. The molecule has 5 nitrogen and oxygen atoms in total. The molecule has 1 amide bonds. The molecule has 0 aliphatic carbocycles. The number of amides is 1. The van der Waals surface area contributed by atoms with E-state index in [1.807, 2.05) is 31.2 Å². The van der Waals surface area contributed by atoms with Gasteiger partial charge < -0.3 is 9.15 Å². The first-order chi connectivity index (χ1) is 12.6. The van der Waals surface area contributed by atoms with E-state index in [4.69, 9.17) is 20.8 Å². The van der Waals surface area contributed by atoms with Crippen molar-refractivity contribution in [1.29, 1.82) is 0 Å². The van der Waals surface area contributed by atoms with E-state index in [1.165, 1.54) is 6.21 Å². The number of hydrazone groups is 1. The van der Waals surface area contributed by atoms with E-state index in [9.17, 15) is 4.79 Å². The summed E-state index contributed by atoms with van der Waals surface area (Å²) in [4.78, 5) is 12.0. The minimum Gasteiger partial charge on any atom is -0.497 e. The molecule has 0 unspecified atom stereocenters. The van der Waals surface area contributed by atoms with Crippen molar-refractivity contribution in [2.24, 2.45) is 5.10 Å². The third-order valence-electron chi connectivity index (χ3n) is 3.80. The Labute approximate surface area is 156 Å². The van der Waals surface area contributed by atoms with Crippen LogP contribution in [0.3, 0.4) is 0 Å². The lowest BCUT2D eigenvalue weighted by Crippen LogP contribution is -2.17. The standard InChI is InChI=1S/C20H17ClN2O3/c1-13-3-6-15(21)11-18(13)19-10-9-17(26-19)12-22-23-20(24)14-4-7-16(25-2)8-5-14/h3-12H,1-2H3,(H,23,24)/b22-12-. The molecule has 0 saturated carbocycles. The smallest absolute Gasteiger partial charge is 0.271 e. The molecule has 0 fully saturated rings. The van der Waals surface area contributed by atoms with Gasteiger partial charge in [0.05, 0.1) is 13.3 Å². The maximum atomic E-state index is 12.0. The van der Waals surface area contributed by atoms with E-state index in [1.54, 1.807) is 37.4 Å². The second kappa shape index (κ2) is 7.89. The fourth-order valence-corrected chi connectivity index (χ4v) is 2.56. The number of hydrogen-bond acceptors (Lipinski definition) is 4. The molecule has 0 saturated heterocycles. The van der Waals surface area contributed by atoms with Gasteiger partial charge >= 0.3 is 0 Å². The first-order valence-electron chi connectivity index (χ1n) is 7.90. The topological polar surface area (TPSA) is 63.8 Å². The molecule has 1 heterocycles. The zero-order valence-electron chi connectivity index (χ0n) is 14.3. The van der Waals surface area contributed by atoms with Crippen LogP contribution in [0.25, 0.3) is 11.3 Å². The number of methoxy groups -OCH3 is 1. The fraction of sp³-hybridized carbons (Fsp3) is 0.100. The van der Waals surface area contributed by atoms with E-state index in [0.717, 1.165) is 11.1 Å². The number of benzene rings is 2. The summed E-state index contributed by atoms with van der Waals surface area (Å²) < 4.78 is 10.8. The predicted octanol–water partition coefficient (Wildman–Crippen LogP) is 4.68. The van der Waals surface area contributed by atoms with Crippen molar-refractivity contribution in [2.45, 2.75) is 6.92 Å². The zero-order valence-corrected chi connectivity index (χ0v) is 15.1. The van der Waals surface area contributed by atoms with Crippen molar-refractivity contribution < 1.29 is 13.9 Å². The number of carbonyl (C=O) groups excluding carboxylic acids is 1. The van der Waals surface area contributed by atoms with Crippen LogP contribution >= 0.6 is 11.6 Å². The minimum atomic E-state index is -0.318. The van der Waals surface area contributed by atoms with E-state index < -0.39 is 0 Å². The Morgan fingerprint density at radius 1 is 1.15 bits per heavy atom. The molecule has 0 spiro atoms. The van der Waals surface area contributed by atoms with Crippen LogP contribution in [0.4, 0.5) is 0 Å². The van der Waals surface area contributed by atoms with E-state index in [2.05, 4.69) is 10.5 Å². The lowest BCUT2D eigenvalue weighted by Gasteiger charge is -2.03. The molecule has 0 aliphatic rings. The first-order valence-corrected chi connectivity index (χ1v) is 8.28. The summed E-state index contributed by atoms with van der Waals surface area (Å²) >= 11 is 6.05. The number of halogens is 1. The van der Waals surface area contributed by atoms with Gasteiger partial charge in [-0.3, -0.25) is 4.79 Å². The van der Waals surface area contributed by atoms with E-state index in [-0.39, 0.29) is 5.91 Å². The molecule has 0 radical (unpaired) electrons. The van der Waals surface area contributed by atoms with Gasteiger partial charge in [0.15, 0.2) is 0 Å². The number of ether oxygens (including phenoxy) is 1. The lowest BCUT2D eigenvalue weighted by atomic mass is 10.1. The van der Waals surface area contributed by atoms with Gasteiger partial charge in [-0.25, -0.2) is 5.43 Å². The van der Waals surface area contributed by atoms with Crippen molar-refractivity contribution in [3.63, 3.8) is 0 Å². The predicted molar refractivity (Wildman–Crippen MR) is 102 cm³/mol. The molecule has 26 heavy (non-hydrogen) atoms. The molecular formula is C20H17ClN2O3. The molecule has 1 N–H and O–H groups in total. The average Bonchev–Trinajstić information content (AvgIpc) is 3.12. The van der Waals surface area contributed by atoms with Crippen molar-refractivity contribution in [3.8, 4) is 17.1 Å². The quantitative estimate of drug-likeness (QED) is 0.525. The van der Waals surface area contributed by atoms with Gasteiger partial charge in [-0.1, -0.05) is 17.7 Å². The number of furan rings is 1. The van der Waals surface area contributed by atoms with Crippen LogP contribution in [0.1, 0.15) is 21.7 Å². The molecule has 3 aromatic rings. The summed E-state index contributed by atoms with van der Waals surface area (Å²) in [6, 6.07) is 16.0. The number of nitrogens with one attached hydrogen (secondary N) is 1. The Bertz CT molecular complexity index is 946. The summed E-state index contributed by atoms with van der Waals surface area (Å²) in [6.07, 6.45) is 1.45. The Morgan fingerprint density at radius 2 is 1.92 bits per heavy atom. The minimum absolute atomic E-state index is 0.318. The highest BCUT2D eigenvalue weighted by atomic mass is 35.5. The van der Waals surface area contributed by atoms with Crippen molar-refractivity contribution >= 4 is 23.7 Å². The maximum absolute atomic E-state index is 12.0.